The minimum absolute atomic E-state index is 0.0159. The van der Waals surface area contributed by atoms with E-state index in [0.717, 1.165) is 5.56 Å². The fourth-order valence-electron chi connectivity index (χ4n) is 1.81. The molecule has 0 unspecified atom stereocenters. The van der Waals surface area contributed by atoms with E-state index in [1.54, 1.807) is 36.4 Å². The maximum atomic E-state index is 11.3. The molecule has 1 N–H and O–H groups in total. The summed E-state index contributed by atoms with van der Waals surface area (Å²) >= 11 is 0. The van der Waals surface area contributed by atoms with Crippen molar-refractivity contribution in [1.29, 1.82) is 0 Å². The van der Waals surface area contributed by atoms with Crippen LogP contribution in [-0.4, -0.2) is 16.9 Å². The van der Waals surface area contributed by atoms with Crippen LogP contribution in [0.5, 0.6) is 5.75 Å². The zero-order valence-electron chi connectivity index (χ0n) is 11.0. The first-order chi connectivity index (χ1) is 9.58. The summed E-state index contributed by atoms with van der Waals surface area (Å²) in [6.07, 6.45) is 0. The number of ketones is 1. The van der Waals surface area contributed by atoms with E-state index in [2.05, 4.69) is 0 Å². The van der Waals surface area contributed by atoms with Crippen molar-refractivity contribution < 1.29 is 19.4 Å². The molecule has 4 nitrogen and oxygen atoms in total. The van der Waals surface area contributed by atoms with Gasteiger partial charge in [-0.2, -0.15) is 0 Å². The fourth-order valence-corrected chi connectivity index (χ4v) is 1.81. The molecule has 4 heteroatoms. The number of aromatic carboxylic acids is 1. The lowest BCUT2D eigenvalue weighted by Crippen LogP contribution is -2.03. The number of carboxylic acid groups (broad SMARTS) is 1. The second-order valence-corrected chi connectivity index (χ2v) is 4.35. The summed E-state index contributed by atoms with van der Waals surface area (Å²) in [7, 11) is 0. The molecule has 0 aromatic heterocycles. The number of rotatable bonds is 5. The predicted octanol–water partition coefficient (Wildman–Crippen LogP) is 3.17. The maximum Gasteiger partial charge on any atom is 0.339 e. The van der Waals surface area contributed by atoms with Gasteiger partial charge >= 0.3 is 5.97 Å². The molecule has 0 bridgehead atoms. The average Bonchev–Trinajstić information content (AvgIpc) is 2.45. The van der Waals surface area contributed by atoms with Crippen molar-refractivity contribution in [3.8, 4) is 5.75 Å². The van der Waals surface area contributed by atoms with Crippen molar-refractivity contribution in [2.75, 3.05) is 0 Å². The number of Topliss-reactive ketones (excluding diaryl/α,β-unsaturated/α-hetero) is 1. The topological polar surface area (TPSA) is 63.6 Å². The van der Waals surface area contributed by atoms with Crippen LogP contribution in [0.15, 0.2) is 48.5 Å². The van der Waals surface area contributed by atoms with E-state index in [9.17, 15) is 9.59 Å². The van der Waals surface area contributed by atoms with Gasteiger partial charge in [0, 0.05) is 5.56 Å². The molecule has 2 rings (SSSR count). The first kappa shape index (κ1) is 13.8. The van der Waals surface area contributed by atoms with Crippen LogP contribution >= 0.6 is 0 Å². The monoisotopic (exact) mass is 270 g/mol. The van der Waals surface area contributed by atoms with Gasteiger partial charge in [0.2, 0.25) is 0 Å². The average molecular weight is 270 g/mol. The minimum atomic E-state index is -1.03. The highest BCUT2D eigenvalue weighted by atomic mass is 16.5. The Morgan fingerprint density at radius 1 is 1.10 bits per heavy atom. The minimum Gasteiger partial charge on any atom is -0.488 e. The Morgan fingerprint density at radius 3 is 2.55 bits per heavy atom. The van der Waals surface area contributed by atoms with Gasteiger partial charge in [-0.05, 0) is 30.7 Å². The highest BCUT2D eigenvalue weighted by molar-refractivity contribution is 5.94. The molecule has 20 heavy (non-hydrogen) atoms. The molecule has 2 aromatic rings. The van der Waals surface area contributed by atoms with Crippen molar-refractivity contribution in [1.82, 2.24) is 0 Å². The Kier molecular flexibility index (Phi) is 4.15. The molecular weight excluding hydrogens is 256 g/mol. The molecule has 0 atom stereocenters. The van der Waals surface area contributed by atoms with E-state index < -0.39 is 5.97 Å². The zero-order chi connectivity index (χ0) is 14.5. The Labute approximate surface area is 116 Å². The summed E-state index contributed by atoms with van der Waals surface area (Å²) < 4.78 is 5.53. The maximum absolute atomic E-state index is 11.3. The van der Waals surface area contributed by atoms with E-state index >= 15 is 0 Å². The van der Waals surface area contributed by atoms with Gasteiger partial charge in [0.25, 0.3) is 0 Å². The van der Waals surface area contributed by atoms with Crippen LogP contribution in [0.2, 0.25) is 0 Å². The first-order valence-electron chi connectivity index (χ1n) is 6.13. The summed E-state index contributed by atoms with van der Waals surface area (Å²) in [6.45, 7) is 1.71. The van der Waals surface area contributed by atoms with Crippen molar-refractivity contribution >= 4 is 11.8 Å². The van der Waals surface area contributed by atoms with Gasteiger partial charge in [-0.25, -0.2) is 4.79 Å². The van der Waals surface area contributed by atoms with Gasteiger partial charge in [0.15, 0.2) is 5.78 Å². The van der Waals surface area contributed by atoms with E-state index in [1.165, 1.54) is 13.0 Å². The Balaban J connectivity index is 2.15. The van der Waals surface area contributed by atoms with Crippen LogP contribution in [0, 0.1) is 0 Å². The highest BCUT2D eigenvalue weighted by Gasteiger charge is 2.10. The molecule has 0 amide bonds. The second kappa shape index (κ2) is 6.02. The molecule has 0 radical (unpaired) electrons. The zero-order valence-corrected chi connectivity index (χ0v) is 11.0. The SMILES string of the molecule is CC(=O)c1cccc(COc2ccccc2C(=O)O)c1. The van der Waals surface area contributed by atoms with Gasteiger partial charge in [0.1, 0.15) is 17.9 Å². The molecule has 0 aliphatic rings. The second-order valence-electron chi connectivity index (χ2n) is 4.35. The number of carbonyl (C=O) groups excluding carboxylic acids is 1. The number of carboxylic acids is 1. The smallest absolute Gasteiger partial charge is 0.339 e. The number of carbonyl (C=O) groups is 2. The summed E-state index contributed by atoms with van der Waals surface area (Å²) in [5.41, 5.74) is 1.55. The van der Waals surface area contributed by atoms with Crippen LogP contribution in [0.4, 0.5) is 0 Å². The number of benzene rings is 2. The van der Waals surface area contributed by atoms with E-state index in [4.69, 9.17) is 9.84 Å². The lowest BCUT2D eigenvalue weighted by molar-refractivity contribution is 0.0691. The summed E-state index contributed by atoms with van der Waals surface area (Å²) in [6, 6.07) is 13.5. The van der Waals surface area contributed by atoms with Gasteiger partial charge in [-0.1, -0.05) is 30.3 Å². The number of hydrogen-bond donors (Lipinski definition) is 1. The third-order valence-electron chi connectivity index (χ3n) is 2.85. The molecule has 0 aliphatic heterocycles. The van der Waals surface area contributed by atoms with E-state index in [1.807, 2.05) is 6.07 Å². The Hall–Kier alpha value is -2.62. The van der Waals surface area contributed by atoms with Crippen molar-refractivity contribution in [2.24, 2.45) is 0 Å². The summed E-state index contributed by atoms with van der Waals surface area (Å²) in [5, 5.41) is 9.06. The standard InChI is InChI=1S/C16H14O4/c1-11(17)13-6-4-5-12(9-13)10-20-15-8-3-2-7-14(15)16(18)19/h2-9H,10H2,1H3,(H,18,19). The van der Waals surface area contributed by atoms with Crippen LogP contribution < -0.4 is 4.74 Å². The highest BCUT2D eigenvalue weighted by Crippen LogP contribution is 2.19. The molecule has 0 saturated carbocycles. The molecule has 0 heterocycles. The number of hydrogen-bond acceptors (Lipinski definition) is 3. The third kappa shape index (κ3) is 3.23. The van der Waals surface area contributed by atoms with Gasteiger partial charge in [-0.3, -0.25) is 4.79 Å². The number of ether oxygens (including phenoxy) is 1. The molecule has 2 aromatic carbocycles. The van der Waals surface area contributed by atoms with Crippen molar-refractivity contribution in [2.45, 2.75) is 13.5 Å². The van der Waals surface area contributed by atoms with Crippen LogP contribution in [0.1, 0.15) is 33.2 Å². The van der Waals surface area contributed by atoms with Crippen molar-refractivity contribution in [3.63, 3.8) is 0 Å². The molecule has 0 spiro atoms. The molecule has 0 saturated heterocycles. The van der Waals surface area contributed by atoms with E-state index in [0.29, 0.717) is 11.3 Å². The molecular formula is C16H14O4. The van der Waals surface area contributed by atoms with Crippen LogP contribution in [-0.2, 0) is 6.61 Å². The Bertz CT molecular complexity index is 646. The predicted molar refractivity (Wildman–Crippen MR) is 74.2 cm³/mol. The lowest BCUT2D eigenvalue weighted by atomic mass is 10.1. The lowest BCUT2D eigenvalue weighted by Gasteiger charge is -2.09. The Morgan fingerprint density at radius 2 is 1.85 bits per heavy atom. The normalized spacial score (nSPS) is 10.1. The molecule has 0 fully saturated rings. The van der Waals surface area contributed by atoms with Crippen LogP contribution in [0.25, 0.3) is 0 Å². The third-order valence-corrected chi connectivity index (χ3v) is 2.85. The quantitative estimate of drug-likeness (QED) is 0.847. The number of para-hydroxylation sites is 1. The van der Waals surface area contributed by atoms with Gasteiger partial charge in [-0.15, -0.1) is 0 Å². The largest absolute Gasteiger partial charge is 0.488 e. The van der Waals surface area contributed by atoms with Crippen molar-refractivity contribution in [3.05, 3.63) is 65.2 Å². The van der Waals surface area contributed by atoms with Gasteiger partial charge in [0.05, 0.1) is 0 Å². The fraction of sp³-hybridized carbons (Fsp3) is 0.125. The summed E-state index contributed by atoms with van der Waals surface area (Å²) in [4.78, 5) is 22.3. The van der Waals surface area contributed by atoms with Gasteiger partial charge < -0.3 is 9.84 Å². The van der Waals surface area contributed by atoms with E-state index in [-0.39, 0.29) is 18.0 Å². The molecule has 102 valence electrons. The summed E-state index contributed by atoms with van der Waals surface area (Å²) in [5.74, 6) is -0.732. The van der Waals surface area contributed by atoms with Crippen LogP contribution in [0.3, 0.4) is 0 Å². The first-order valence-corrected chi connectivity index (χ1v) is 6.13. The molecule has 0 aliphatic carbocycles.